The van der Waals surface area contributed by atoms with E-state index in [1.54, 1.807) is 41.0 Å². The van der Waals surface area contributed by atoms with Crippen LogP contribution in [0, 0.1) is 11.3 Å². The third kappa shape index (κ3) is 3.41. The van der Waals surface area contributed by atoms with E-state index >= 15 is 0 Å². The molecule has 0 unspecified atom stereocenters. The summed E-state index contributed by atoms with van der Waals surface area (Å²) >= 11 is 0. The Kier molecular flexibility index (Phi) is 4.42. The Hall–Kier alpha value is -2.23. The molecular weight excluding hydrogens is 310 g/mol. The van der Waals surface area contributed by atoms with Gasteiger partial charge in [0.2, 0.25) is 10.0 Å². The Bertz CT molecular complexity index is 828. The fourth-order valence-electron chi connectivity index (χ4n) is 3.02. The van der Waals surface area contributed by atoms with Crippen LogP contribution in [0.25, 0.3) is 0 Å². The van der Waals surface area contributed by atoms with Crippen molar-refractivity contribution in [1.82, 2.24) is 9.29 Å². The molecule has 0 saturated carbocycles. The van der Waals surface area contributed by atoms with Gasteiger partial charge in [-0.15, -0.1) is 0 Å². The number of nitriles is 1. The zero-order chi connectivity index (χ0) is 16.3. The predicted molar refractivity (Wildman–Crippen MR) is 86.7 cm³/mol. The van der Waals surface area contributed by atoms with E-state index in [0.29, 0.717) is 17.7 Å². The SMILES string of the molecule is N#Cc1cccc(CS(=O)(=O)N2CCC[C@@H]2c2ccncc2)c1. The molecule has 1 atom stereocenters. The molecule has 0 amide bonds. The van der Waals surface area contributed by atoms with E-state index in [-0.39, 0.29) is 11.8 Å². The molecular formula is C17H17N3O2S. The largest absolute Gasteiger partial charge is 0.265 e. The van der Waals surface area contributed by atoms with Gasteiger partial charge in [0.1, 0.15) is 0 Å². The number of hydrogen-bond acceptors (Lipinski definition) is 4. The molecule has 0 aliphatic carbocycles. The predicted octanol–water partition coefficient (Wildman–Crippen LogP) is 2.62. The third-order valence-electron chi connectivity index (χ3n) is 4.06. The van der Waals surface area contributed by atoms with Gasteiger partial charge in [-0.3, -0.25) is 4.98 Å². The highest BCUT2D eigenvalue weighted by Gasteiger charge is 2.35. The maximum Gasteiger partial charge on any atom is 0.218 e. The molecule has 6 heteroatoms. The molecule has 1 aliphatic heterocycles. The number of nitrogens with zero attached hydrogens (tertiary/aromatic N) is 3. The number of hydrogen-bond donors (Lipinski definition) is 0. The maximum atomic E-state index is 12.8. The van der Waals surface area contributed by atoms with Crippen molar-refractivity contribution >= 4 is 10.0 Å². The molecule has 1 saturated heterocycles. The third-order valence-corrected chi connectivity index (χ3v) is 5.91. The average molecular weight is 327 g/mol. The zero-order valence-corrected chi connectivity index (χ0v) is 13.4. The van der Waals surface area contributed by atoms with Crippen LogP contribution in [0.5, 0.6) is 0 Å². The number of benzene rings is 1. The van der Waals surface area contributed by atoms with Crippen molar-refractivity contribution in [1.29, 1.82) is 5.26 Å². The van der Waals surface area contributed by atoms with Gasteiger partial charge in [0.25, 0.3) is 0 Å². The lowest BCUT2D eigenvalue weighted by atomic mass is 10.1. The van der Waals surface area contributed by atoms with Crippen LogP contribution in [0.1, 0.15) is 35.6 Å². The Morgan fingerprint density at radius 2 is 2.04 bits per heavy atom. The van der Waals surface area contributed by atoms with Crippen LogP contribution < -0.4 is 0 Å². The molecule has 2 heterocycles. The summed E-state index contributed by atoms with van der Waals surface area (Å²) in [6.07, 6.45) is 5.05. The smallest absolute Gasteiger partial charge is 0.218 e. The fraction of sp³-hybridized carbons (Fsp3) is 0.294. The van der Waals surface area contributed by atoms with Crippen LogP contribution >= 0.6 is 0 Å². The second-order valence-corrected chi connectivity index (χ2v) is 7.54. The number of pyridine rings is 1. The summed E-state index contributed by atoms with van der Waals surface area (Å²) in [7, 11) is -3.43. The number of rotatable bonds is 4. The Labute approximate surface area is 136 Å². The highest BCUT2D eigenvalue weighted by atomic mass is 32.2. The highest BCUT2D eigenvalue weighted by molar-refractivity contribution is 7.88. The van der Waals surface area contributed by atoms with E-state index < -0.39 is 10.0 Å². The standard InChI is InChI=1S/C17H17N3O2S/c18-12-14-3-1-4-15(11-14)13-23(21,22)20-10-2-5-17(20)16-6-8-19-9-7-16/h1,3-4,6-9,11,17H,2,5,10,13H2/t17-/m1/s1. The van der Waals surface area contributed by atoms with Gasteiger partial charge in [-0.25, -0.2) is 8.42 Å². The number of sulfonamides is 1. The molecule has 1 aromatic heterocycles. The molecule has 1 fully saturated rings. The van der Waals surface area contributed by atoms with Crippen molar-refractivity contribution < 1.29 is 8.42 Å². The minimum atomic E-state index is -3.43. The average Bonchev–Trinajstić information content (AvgIpc) is 3.06. The van der Waals surface area contributed by atoms with Crippen molar-refractivity contribution in [3.05, 3.63) is 65.5 Å². The van der Waals surface area contributed by atoms with Crippen LogP contribution in [-0.2, 0) is 15.8 Å². The first-order valence-corrected chi connectivity index (χ1v) is 9.09. The van der Waals surface area contributed by atoms with Gasteiger partial charge in [-0.1, -0.05) is 12.1 Å². The second kappa shape index (κ2) is 6.49. The summed E-state index contributed by atoms with van der Waals surface area (Å²) in [5.41, 5.74) is 2.10. The summed E-state index contributed by atoms with van der Waals surface area (Å²) in [4.78, 5) is 3.99. The Morgan fingerprint density at radius 3 is 2.78 bits per heavy atom. The fourth-order valence-corrected chi connectivity index (χ4v) is 4.80. The summed E-state index contributed by atoms with van der Waals surface area (Å²) in [6, 6.07) is 12.4. The van der Waals surface area contributed by atoms with Gasteiger partial charge in [0.15, 0.2) is 0 Å². The van der Waals surface area contributed by atoms with Gasteiger partial charge in [-0.05, 0) is 48.2 Å². The summed E-state index contributed by atoms with van der Waals surface area (Å²) in [6.45, 7) is 0.535. The first-order valence-electron chi connectivity index (χ1n) is 7.48. The van der Waals surface area contributed by atoms with Crippen molar-refractivity contribution in [3.8, 4) is 6.07 Å². The monoisotopic (exact) mass is 327 g/mol. The zero-order valence-electron chi connectivity index (χ0n) is 12.6. The van der Waals surface area contributed by atoms with Crippen LogP contribution in [0.4, 0.5) is 0 Å². The minimum absolute atomic E-state index is 0.0793. The molecule has 0 radical (unpaired) electrons. The molecule has 23 heavy (non-hydrogen) atoms. The molecule has 0 N–H and O–H groups in total. The lowest BCUT2D eigenvalue weighted by Crippen LogP contribution is -2.31. The van der Waals surface area contributed by atoms with E-state index in [4.69, 9.17) is 5.26 Å². The van der Waals surface area contributed by atoms with Crippen molar-refractivity contribution in [2.24, 2.45) is 0 Å². The lowest BCUT2D eigenvalue weighted by molar-refractivity contribution is 0.396. The highest BCUT2D eigenvalue weighted by Crippen LogP contribution is 2.34. The van der Waals surface area contributed by atoms with Crippen LogP contribution in [0.15, 0.2) is 48.8 Å². The Morgan fingerprint density at radius 1 is 1.26 bits per heavy atom. The van der Waals surface area contributed by atoms with Gasteiger partial charge >= 0.3 is 0 Å². The maximum absolute atomic E-state index is 12.8. The van der Waals surface area contributed by atoms with Crippen molar-refractivity contribution in [2.75, 3.05) is 6.54 Å². The topological polar surface area (TPSA) is 74.1 Å². The van der Waals surface area contributed by atoms with Gasteiger partial charge < -0.3 is 0 Å². The number of aromatic nitrogens is 1. The summed E-state index contributed by atoms with van der Waals surface area (Å²) in [5.74, 6) is -0.0793. The second-order valence-electron chi connectivity index (χ2n) is 5.62. The van der Waals surface area contributed by atoms with Gasteiger partial charge in [0.05, 0.1) is 17.4 Å². The molecule has 118 valence electrons. The molecule has 1 aromatic carbocycles. The van der Waals surface area contributed by atoms with E-state index in [1.807, 2.05) is 18.2 Å². The summed E-state index contributed by atoms with van der Waals surface area (Å²) in [5, 5.41) is 8.95. The molecule has 3 rings (SSSR count). The lowest BCUT2D eigenvalue weighted by Gasteiger charge is -2.24. The first-order chi connectivity index (χ1) is 11.1. The van der Waals surface area contributed by atoms with E-state index in [2.05, 4.69) is 4.98 Å². The van der Waals surface area contributed by atoms with Crippen molar-refractivity contribution in [2.45, 2.75) is 24.6 Å². The van der Waals surface area contributed by atoms with Crippen LogP contribution in [0.3, 0.4) is 0 Å². The minimum Gasteiger partial charge on any atom is -0.265 e. The van der Waals surface area contributed by atoms with Crippen LogP contribution in [-0.4, -0.2) is 24.3 Å². The van der Waals surface area contributed by atoms with E-state index in [0.717, 1.165) is 18.4 Å². The molecule has 2 aromatic rings. The molecule has 0 bridgehead atoms. The van der Waals surface area contributed by atoms with E-state index in [1.165, 1.54) is 0 Å². The Balaban J connectivity index is 1.85. The molecule has 5 nitrogen and oxygen atoms in total. The van der Waals surface area contributed by atoms with Crippen molar-refractivity contribution in [3.63, 3.8) is 0 Å². The van der Waals surface area contributed by atoms with E-state index in [9.17, 15) is 8.42 Å². The molecule has 1 aliphatic rings. The quantitative estimate of drug-likeness (QED) is 0.865. The molecule has 0 spiro atoms. The normalized spacial score (nSPS) is 18.7. The van der Waals surface area contributed by atoms with Crippen LogP contribution in [0.2, 0.25) is 0 Å². The van der Waals surface area contributed by atoms with Gasteiger partial charge in [0, 0.05) is 25.0 Å². The summed E-state index contributed by atoms with van der Waals surface area (Å²) < 4.78 is 27.2. The first kappa shape index (κ1) is 15.7. The van der Waals surface area contributed by atoms with Gasteiger partial charge in [-0.2, -0.15) is 9.57 Å².